The highest BCUT2D eigenvalue weighted by atomic mass is 35.5. The molecule has 1 fully saturated rings. The molecule has 2 aromatic rings. The average molecular weight is 323 g/mol. The second-order valence-corrected chi connectivity index (χ2v) is 5.84. The van der Waals surface area contributed by atoms with Crippen molar-refractivity contribution >= 4 is 34.6 Å². The van der Waals surface area contributed by atoms with Crippen LogP contribution < -0.4 is 15.5 Å². The van der Waals surface area contributed by atoms with Crippen LogP contribution in [0.4, 0.5) is 6.01 Å². The molecule has 1 aromatic carbocycles. The first-order chi connectivity index (χ1) is 10.6. The highest BCUT2D eigenvalue weighted by molar-refractivity contribution is 6.32. The van der Waals surface area contributed by atoms with Crippen LogP contribution in [0, 0.1) is 0 Å². The molecule has 1 aromatic heterocycles. The first-order valence-corrected chi connectivity index (χ1v) is 7.83. The maximum Gasteiger partial charge on any atom is 0.298 e. The molecule has 2 N–H and O–H groups in total. The molecule has 1 aliphatic rings. The van der Waals surface area contributed by atoms with Gasteiger partial charge in [0.15, 0.2) is 5.58 Å². The van der Waals surface area contributed by atoms with Crippen LogP contribution in [0.2, 0.25) is 5.02 Å². The molecule has 1 amide bonds. The summed E-state index contributed by atoms with van der Waals surface area (Å²) in [6.45, 7) is 7.10. The molecule has 1 atom stereocenters. The maximum absolute atomic E-state index is 12.2. The number of halogens is 1. The summed E-state index contributed by atoms with van der Waals surface area (Å²) < 4.78 is 5.90. The minimum atomic E-state index is -0.203. The third-order valence-electron chi connectivity index (χ3n) is 3.77. The van der Waals surface area contributed by atoms with Crippen molar-refractivity contribution in [2.24, 2.45) is 0 Å². The molecule has 118 valence electrons. The molecular weight excluding hydrogens is 304 g/mol. The monoisotopic (exact) mass is 322 g/mol. The molecule has 1 saturated heterocycles. The summed E-state index contributed by atoms with van der Waals surface area (Å²) in [5, 5.41) is 6.57. The average Bonchev–Trinajstić information content (AvgIpc) is 2.90. The Morgan fingerprint density at radius 1 is 1.59 bits per heavy atom. The number of carbonyl (C=O) groups excluding carboxylic acids is 1. The quantitative estimate of drug-likeness (QED) is 0.905. The lowest BCUT2D eigenvalue weighted by Crippen LogP contribution is -2.50. The van der Waals surface area contributed by atoms with Gasteiger partial charge in [0.25, 0.3) is 11.9 Å². The van der Waals surface area contributed by atoms with E-state index in [1.165, 1.54) is 0 Å². The van der Waals surface area contributed by atoms with Gasteiger partial charge in [-0.15, -0.1) is 0 Å². The Hall–Kier alpha value is -1.79. The van der Waals surface area contributed by atoms with Crippen molar-refractivity contribution in [3.8, 4) is 0 Å². The lowest BCUT2D eigenvalue weighted by Gasteiger charge is -2.32. The highest BCUT2D eigenvalue weighted by Crippen LogP contribution is 2.29. The molecule has 0 aliphatic carbocycles. The van der Waals surface area contributed by atoms with Crippen LogP contribution in [0.1, 0.15) is 24.2 Å². The van der Waals surface area contributed by atoms with E-state index in [-0.39, 0.29) is 11.9 Å². The van der Waals surface area contributed by atoms with Gasteiger partial charge in [-0.25, -0.2) is 0 Å². The van der Waals surface area contributed by atoms with E-state index in [1.807, 2.05) is 6.92 Å². The van der Waals surface area contributed by atoms with Crippen molar-refractivity contribution in [1.82, 2.24) is 15.6 Å². The van der Waals surface area contributed by atoms with E-state index in [4.69, 9.17) is 16.0 Å². The minimum Gasteiger partial charge on any atom is -0.423 e. The lowest BCUT2D eigenvalue weighted by atomic mass is 10.2. The molecule has 0 saturated carbocycles. The largest absolute Gasteiger partial charge is 0.423 e. The molecular formula is C15H19ClN4O2. The van der Waals surface area contributed by atoms with E-state index in [0.29, 0.717) is 34.2 Å². The van der Waals surface area contributed by atoms with Crippen molar-refractivity contribution in [3.05, 3.63) is 22.7 Å². The Labute approximate surface area is 133 Å². The fourth-order valence-electron chi connectivity index (χ4n) is 2.66. The zero-order valence-corrected chi connectivity index (χ0v) is 13.4. The zero-order valence-electron chi connectivity index (χ0n) is 12.6. The van der Waals surface area contributed by atoms with Gasteiger partial charge in [-0.2, -0.15) is 4.98 Å². The third kappa shape index (κ3) is 2.76. The van der Waals surface area contributed by atoms with Gasteiger partial charge >= 0.3 is 0 Å². The number of aromatic nitrogens is 1. The van der Waals surface area contributed by atoms with E-state index < -0.39 is 0 Å². The van der Waals surface area contributed by atoms with Crippen LogP contribution in [-0.4, -0.2) is 43.1 Å². The van der Waals surface area contributed by atoms with E-state index >= 15 is 0 Å². The number of rotatable bonds is 3. The summed E-state index contributed by atoms with van der Waals surface area (Å²) in [7, 11) is 0. The molecule has 22 heavy (non-hydrogen) atoms. The Kier molecular flexibility index (Phi) is 4.22. The Balaban J connectivity index is 2.05. The van der Waals surface area contributed by atoms with Gasteiger partial charge in [0.05, 0.1) is 5.56 Å². The molecule has 3 rings (SSSR count). The summed E-state index contributed by atoms with van der Waals surface area (Å²) in [5.74, 6) is -0.203. The Bertz CT molecular complexity index is 700. The van der Waals surface area contributed by atoms with Crippen molar-refractivity contribution in [3.63, 3.8) is 0 Å². The fourth-order valence-corrected chi connectivity index (χ4v) is 2.87. The predicted octanol–water partition coefficient (Wildman–Crippen LogP) is 2.03. The summed E-state index contributed by atoms with van der Waals surface area (Å²) >= 11 is 6.11. The summed E-state index contributed by atoms with van der Waals surface area (Å²) in [6, 6.07) is 4.16. The third-order valence-corrected chi connectivity index (χ3v) is 3.99. The second-order valence-electron chi connectivity index (χ2n) is 5.40. The Morgan fingerprint density at radius 3 is 3.14 bits per heavy atom. The SMILES string of the molecule is CCNC(=O)c1cc(Cl)cc2nc(N3CCNC[C@@H]3C)oc12. The molecule has 2 heterocycles. The minimum absolute atomic E-state index is 0.203. The highest BCUT2D eigenvalue weighted by Gasteiger charge is 2.24. The summed E-state index contributed by atoms with van der Waals surface area (Å²) in [5.41, 5.74) is 1.51. The van der Waals surface area contributed by atoms with E-state index in [1.54, 1.807) is 12.1 Å². The lowest BCUT2D eigenvalue weighted by molar-refractivity contribution is 0.0956. The normalized spacial score (nSPS) is 18.7. The molecule has 6 nitrogen and oxygen atoms in total. The molecule has 0 spiro atoms. The van der Waals surface area contributed by atoms with Crippen LogP contribution >= 0.6 is 11.6 Å². The smallest absolute Gasteiger partial charge is 0.298 e. The van der Waals surface area contributed by atoms with E-state index in [2.05, 4.69) is 27.4 Å². The zero-order chi connectivity index (χ0) is 15.7. The Morgan fingerprint density at radius 2 is 2.41 bits per heavy atom. The van der Waals surface area contributed by atoms with E-state index in [9.17, 15) is 4.79 Å². The number of amides is 1. The van der Waals surface area contributed by atoms with Crippen molar-refractivity contribution in [2.75, 3.05) is 31.1 Å². The number of hydrogen-bond donors (Lipinski definition) is 2. The van der Waals surface area contributed by atoms with Gasteiger partial charge in [0, 0.05) is 37.2 Å². The number of oxazole rings is 1. The number of benzene rings is 1. The molecule has 7 heteroatoms. The maximum atomic E-state index is 12.2. The second kappa shape index (κ2) is 6.14. The fraction of sp³-hybridized carbons (Fsp3) is 0.467. The van der Waals surface area contributed by atoms with Crippen LogP contribution in [0.15, 0.2) is 16.5 Å². The van der Waals surface area contributed by atoms with Crippen LogP contribution in [-0.2, 0) is 0 Å². The number of anilines is 1. The van der Waals surface area contributed by atoms with Gasteiger partial charge in [0.1, 0.15) is 5.52 Å². The van der Waals surface area contributed by atoms with Crippen molar-refractivity contribution in [1.29, 1.82) is 0 Å². The van der Waals surface area contributed by atoms with E-state index in [0.717, 1.165) is 19.6 Å². The summed E-state index contributed by atoms with van der Waals surface area (Å²) in [6.07, 6.45) is 0. The number of nitrogens with zero attached hydrogens (tertiary/aromatic N) is 2. The molecule has 1 aliphatic heterocycles. The van der Waals surface area contributed by atoms with Crippen molar-refractivity contribution in [2.45, 2.75) is 19.9 Å². The number of carbonyl (C=O) groups is 1. The number of piperazine rings is 1. The molecule has 0 unspecified atom stereocenters. The number of nitrogens with one attached hydrogen (secondary N) is 2. The first kappa shape index (κ1) is 15.1. The van der Waals surface area contributed by atoms with Gasteiger partial charge in [-0.05, 0) is 26.0 Å². The van der Waals surface area contributed by atoms with Crippen LogP contribution in [0.5, 0.6) is 0 Å². The molecule has 0 bridgehead atoms. The van der Waals surface area contributed by atoms with Gasteiger partial charge in [-0.1, -0.05) is 11.6 Å². The summed E-state index contributed by atoms with van der Waals surface area (Å²) in [4.78, 5) is 18.8. The van der Waals surface area contributed by atoms with Crippen LogP contribution in [0.25, 0.3) is 11.1 Å². The van der Waals surface area contributed by atoms with Gasteiger partial charge < -0.3 is 20.0 Å². The molecule has 0 radical (unpaired) electrons. The standard InChI is InChI=1S/C15H19ClN4O2/c1-3-18-14(21)11-6-10(16)7-12-13(11)22-15(19-12)20-5-4-17-8-9(20)2/h6-7,9,17H,3-5,8H2,1-2H3,(H,18,21)/t9-/m0/s1. The number of fused-ring (bicyclic) bond motifs is 1. The first-order valence-electron chi connectivity index (χ1n) is 7.45. The topological polar surface area (TPSA) is 70.4 Å². The van der Waals surface area contributed by atoms with Gasteiger partial charge in [-0.3, -0.25) is 4.79 Å². The van der Waals surface area contributed by atoms with Gasteiger partial charge in [0.2, 0.25) is 0 Å². The predicted molar refractivity (Wildman–Crippen MR) is 86.7 cm³/mol. The van der Waals surface area contributed by atoms with Crippen LogP contribution in [0.3, 0.4) is 0 Å². The van der Waals surface area contributed by atoms with Crippen molar-refractivity contribution < 1.29 is 9.21 Å². The number of hydrogen-bond acceptors (Lipinski definition) is 5.